The summed E-state index contributed by atoms with van der Waals surface area (Å²) in [4.78, 5) is 24.7. The summed E-state index contributed by atoms with van der Waals surface area (Å²) < 4.78 is 24.9. The molecule has 0 unspecified atom stereocenters. The largest absolute Gasteiger partial charge is 0.452 e. The molecular weight excluding hydrogens is 383 g/mol. The smallest absolute Gasteiger partial charge is 0.343 e. The van der Waals surface area contributed by atoms with Crippen molar-refractivity contribution >= 4 is 29.4 Å². The van der Waals surface area contributed by atoms with E-state index in [-0.39, 0.29) is 27.8 Å². The molecule has 0 N–H and O–H groups in total. The summed E-state index contributed by atoms with van der Waals surface area (Å²) in [5, 5.41) is 0.164. The van der Waals surface area contributed by atoms with Crippen LogP contribution < -0.4 is 9.47 Å². The van der Waals surface area contributed by atoms with Gasteiger partial charge in [-0.1, -0.05) is 35.9 Å². The molecule has 0 bridgehead atoms. The van der Waals surface area contributed by atoms with Crippen molar-refractivity contribution in [2.45, 2.75) is 0 Å². The average Bonchev–Trinajstić information content (AvgIpc) is 3.00. The SMILES string of the molecule is O=C(Oc1ccc2c(c1)O/C(=C\c1c(F)cccc1Cl)C2=O)c1ccccc1. The lowest BCUT2D eigenvalue weighted by atomic mass is 10.1. The molecule has 0 atom stereocenters. The van der Waals surface area contributed by atoms with Crippen LogP contribution in [0.1, 0.15) is 26.3 Å². The van der Waals surface area contributed by atoms with Crippen molar-refractivity contribution in [2.24, 2.45) is 0 Å². The molecule has 0 spiro atoms. The Labute approximate surface area is 164 Å². The Morgan fingerprint density at radius 3 is 2.57 bits per heavy atom. The molecule has 0 radical (unpaired) electrons. The van der Waals surface area contributed by atoms with Crippen LogP contribution in [0.15, 0.2) is 72.5 Å². The zero-order valence-electron chi connectivity index (χ0n) is 14.3. The fraction of sp³-hybridized carbons (Fsp3) is 0. The van der Waals surface area contributed by atoms with E-state index in [0.717, 1.165) is 0 Å². The Morgan fingerprint density at radius 2 is 1.82 bits per heavy atom. The summed E-state index contributed by atoms with van der Waals surface area (Å²) in [6, 6.07) is 17.2. The van der Waals surface area contributed by atoms with Gasteiger partial charge in [-0.05, 0) is 42.5 Å². The van der Waals surface area contributed by atoms with E-state index in [9.17, 15) is 14.0 Å². The maximum atomic E-state index is 14.0. The van der Waals surface area contributed by atoms with Gasteiger partial charge in [0.1, 0.15) is 17.3 Å². The van der Waals surface area contributed by atoms with Gasteiger partial charge in [0.15, 0.2) is 5.76 Å². The molecule has 3 aromatic rings. The van der Waals surface area contributed by atoms with Gasteiger partial charge in [-0.15, -0.1) is 0 Å². The standard InChI is InChI=1S/C22H12ClFO4/c23-17-7-4-8-18(24)16(17)12-20-21(25)15-10-9-14(11-19(15)28-20)27-22(26)13-5-2-1-3-6-13/h1-12H/b20-12-. The lowest BCUT2D eigenvalue weighted by Gasteiger charge is -2.05. The van der Waals surface area contributed by atoms with Crippen molar-refractivity contribution < 1.29 is 23.5 Å². The third kappa shape index (κ3) is 3.40. The Kier molecular flexibility index (Phi) is 4.67. The van der Waals surface area contributed by atoms with E-state index in [1.807, 2.05) is 0 Å². The van der Waals surface area contributed by atoms with Gasteiger partial charge in [0, 0.05) is 11.6 Å². The van der Waals surface area contributed by atoms with Crippen molar-refractivity contribution in [3.05, 3.63) is 100 Å². The van der Waals surface area contributed by atoms with Gasteiger partial charge < -0.3 is 9.47 Å². The number of rotatable bonds is 3. The van der Waals surface area contributed by atoms with Crippen LogP contribution in [0.5, 0.6) is 11.5 Å². The lowest BCUT2D eigenvalue weighted by Crippen LogP contribution is -2.08. The third-order valence-electron chi connectivity index (χ3n) is 4.14. The minimum atomic E-state index is -0.565. The zero-order valence-corrected chi connectivity index (χ0v) is 15.1. The van der Waals surface area contributed by atoms with E-state index < -0.39 is 17.6 Å². The first-order valence-electron chi connectivity index (χ1n) is 8.32. The molecular formula is C22H12ClFO4. The van der Waals surface area contributed by atoms with E-state index >= 15 is 0 Å². The molecule has 1 aliphatic rings. The number of carbonyl (C=O) groups excluding carboxylic acids is 2. The van der Waals surface area contributed by atoms with Gasteiger partial charge in [-0.3, -0.25) is 4.79 Å². The van der Waals surface area contributed by atoms with Gasteiger partial charge in [0.25, 0.3) is 0 Å². The van der Waals surface area contributed by atoms with Crippen molar-refractivity contribution in [3.63, 3.8) is 0 Å². The molecule has 1 aliphatic heterocycles. The normalized spacial score (nSPS) is 13.9. The summed E-state index contributed by atoms with van der Waals surface area (Å²) in [7, 11) is 0. The van der Waals surface area contributed by atoms with E-state index in [4.69, 9.17) is 21.1 Å². The number of esters is 1. The number of halogens is 2. The van der Waals surface area contributed by atoms with Crippen LogP contribution in [0, 0.1) is 5.82 Å². The average molecular weight is 395 g/mol. The summed E-state index contributed by atoms with van der Waals surface area (Å²) in [6.45, 7) is 0. The molecule has 0 amide bonds. The fourth-order valence-electron chi connectivity index (χ4n) is 2.75. The summed E-state index contributed by atoms with van der Waals surface area (Å²) in [6.07, 6.45) is 1.26. The molecule has 28 heavy (non-hydrogen) atoms. The Hall–Kier alpha value is -3.44. The molecule has 4 rings (SSSR count). The second-order valence-electron chi connectivity index (χ2n) is 5.99. The second kappa shape index (κ2) is 7.29. The van der Waals surface area contributed by atoms with Crippen molar-refractivity contribution in [2.75, 3.05) is 0 Å². The number of carbonyl (C=O) groups is 2. The number of ether oxygens (including phenoxy) is 2. The molecule has 0 saturated heterocycles. The molecule has 6 heteroatoms. The molecule has 4 nitrogen and oxygen atoms in total. The summed E-state index contributed by atoms with van der Waals surface area (Å²) in [5.41, 5.74) is 0.754. The second-order valence-corrected chi connectivity index (χ2v) is 6.40. The van der Waals surface area contributed by atoms with Crippen LogP contribution in [0.3, 0.4) is 0 Å². The van der Waals surface area contributed by atoms with E-state index in [0.29, 0.717) is 11.1 Å². The minimum absolute atomic E-state index is 0.0615. The van der Waals surface area contributed by atoms with Crippen LogP contribution in [0.2, 0.25) is 5.02 Å². The molecule has 1 heterocycles. The molecule has 0 saturated carbocycles. The number of Topliss-reactive ketones (excluding diaryl/α,β-unsaturated/α-hetero) is 1. The van der Waals surface area contributed by atoms with Gasteiger partial charge in [-0.25, -0.2) is 9.18 Å². The summed E-state index contributed by atoms with van der Waals surface area (Å²) >= 11 is 6.00. The Balaban J connectivity index is 1.60. The van der Waals surface area contributed by atoms with Gasteiger partial charge >= 0.3 is 5.97 Å². The number of hydrogen-bond donors (Lipinski definition) is 0. The van der Waals surface area contributed by atoms with E-state index in [2.05, 4.69) is 0 Å². The minimum Gasteiger partial charge on any atom is -0.452 e. The van der Waals surface area contributed by atoms with Crippen molar-refractivity contribution in [1.29, 1.82) is 0 Å². The first-order valence-corrected chi connectivity index (χ1v) is 8.70. The Morgan fingerprint density at radius 1 is 1.04 bits per heavy atom. The molecule has 0 fully saturated rings. The maximum absolute atomic E-state index is 14.0. The van der Waals surface area contributed by atoms with Gasteiger partial charge in [0.05, 0.1) is 16.1 Å². The van der Waals surface area contributed by atoms with Crippen LogP contribution >= 0.6 is 11.6 Å². The van der Waals surface area contributed by atoms with Crippen LogP contribution in [0.25, 0.3) is 6.08 Å². The highest BCUT2D eigenvalue weighted by Crippen LogP contribution is 2.36. The molecule has 0 aromatic heterocycles. The maximum Gasteiger partial charge on any atom is 0.343 e. The summed E-state index contributed by atoms with van der Waals surface area (Å²) in [5.74, 6) is -1.11. The number of fused-ring (bicyclic) bond motifs is 1. The number of allylic oxidation sites excluding steroid dienone is 1. The molecule has 138 valence electrons. The third-order valence-corrected chi connectivity index (χ3v) is 4.47. The van der Waals surface area contributed by atoms with E-state index in [1.165, 1.54) is 42.5 Å². The van der Waals surface area contributed by atoms with Gasteiger partial charge in [-0.2, -0.15) is 0 Å². The van der Waals surface area contributed by atoms with Crippen LogP contribution in [-0.2, 0) is 0 Å². The first kappa shape index (κ1) is 17.9. The number of hydrogen-bond acceptors (Lipinski definition) is 4. The highest BCUT2D eigenvalue weighted by molar-refractivity contribution is 6.32. The van der Waals surface area contributed by atoms with Crippen LogP contribution in [0.4, 0.5) is 4.39 Å². The van der Waals surface area contributed by atoms with Crippen LogP contribution in [-0.4, -0.2) is 11.8 Å². The first-order chi connectivity index (χ1) is 13.5. The van der Waals surface area contributed by atoms with Crippen molar-refractivity contribution in [3.8, 4) is 11.5 Å². The fourth-order valence-corrected chi connectivity index (χ4v) is 2.97. The highest BCUT2D eigenvalue weighted by atomic mass is 35.5. The van der Waals surface area contributed by atoms with Gasteiger partial charge in [0.2, 0.25) is 5.78 Å². The topological polar surface area (TPSA) is 52.6 Å². The zero-order chi connectivity index (χ0) is 19.7. The molecule has 0 aliphatic carbocycles. The van der Waals surface area contributed by atoms with E-state index in [1.54, 1.807) is 30.3 Å². The number of benzene rings is 3. The predicted octanol–water partition coefficient (Wildman–Crippen LogP) is 5.31. The number of ketones is 1. The predicted molar refractivity (Wildman–Crippen MR) is 102 cm³/mol. The highest BCUT2D eigenvalue weighted by Gasteiger charge is 2.28. The monoisotopic (exact) mass is 394 g/mol. The molecule has 3 aromatic carbocycles. The lowest BCUT2D eigenvalue weighted by molar-refractivity contribution is 0.0734. The Bertz CT molecular complexity index is 1100. The van der Waals surface area contributed by atoms with Crippen molar-refractivity contribution in [1.82, 2.24) is 0 Å². The quantitative estimate of drug-likeness (QED) is 0.343.